The first-order valence-corrected chi connectivity index (χ1v) is 8.66. The molecule has 3 rings (SSSR count). The van der Waals surface area contributed by atoms with Crippen LogP contribution in [0.3, 0.4) is 0 Å². The molecule has 136 valence electrons. The summed E-state index contributed by atoms with van der Waals surface area (Å²) in [5.74, 6) is 0.529. The molecule has 1 fully saturated rings. The summed E-state index contributed by atoms with van der Waals surface area (Å²) in [6.07, 6.45) is 3.25. The summed E-state index contributed by atoms with van der Waals surface area (Å²) < 4.78 is 5.55. The van der Waals surface area contributed by atoms with Crippen LogP contribution in [0.25, 0.3) is 0 Å². The monoisotopic (exact) mass is 354 g/mol. The van der Waals surface area contributed by atoms with E-state index >= 15 is 0 Å². The van der Waals surface area contributed by atoms with Gasteiger partial charge in [-0.25, -0.2) is 4.79 Å². The van der Waals surface area contributed by atoms with E-state index in [1.54, 1.807) is 46.5 Å². The number of anilines is 1. The Labute approximate surface area is 152 Å². The molecular formula is C19H22N4O3. The smallest absolute Gasteiger partial charge is 0.321 e. The third kappa shape index (κ3) is 4.11. The molecule has 1 aromatic carbocycles. The van der Waals surface area contributed by atoms with E-state index in [0.717, 1.165) is 0 Å². The van der Waals surface area contributed by atoms with Gasteiger partial charge in [0.05, 0.1) is 12.2 Å². The van der Waals surface area contributed by atoms with Gasteiger partial charge in [-0.05, 0) is 31.2 Å². The first-order chi connectivity index (χ1) is 12.7. The average Bonchev–Trinajstić information content (AvgIpc) is 2.69. The second-order valence-electron chi connectivity index (χ2n) is 5.87. The molecule has 1 saturated heterocycles. The summed E-state index contributed by atoms with van der Waals surface area (Å²) in [7, 11) is 0. The molecule has 0 radical (unpaired) electrons. The van der Waals surface area contributed by atoms with Gasteiger partial charge in [-0.2, -0.15) is 0 Å². The lowest BCUT2D eigenvalue weighted by Crippen LogP contribution is -2.51. The van der Waals surface area contributed by atoms with Gasteiger partial charge in [-0.15, -0.1) is 0 Å². The van der Waals surface area contributed by atoms with E-state index in [1.807, 2.05) is 19.1 Å². The molecule has 7 nitrogen and oxygen atoms in total. The second-order valence-corrected chi connectivity index (χ2v) is 5.87. The Kier molecular flexibility index (Phi) is 5.68. The molecule has 7 heteroatoms. The highest BCUT2D eigenvalue weighted by atomic mass is 16.5. The van der Waals surface area contributed by atoms with Crippen molar-refractivity contribution in [1.29, 1.82) is 0 Å². The number of benzene rings is 1. The zero-order valence-electron chi connectivity index (χ0n) is 14.7. The second kappa shape index (κ2) is 8.33. The number of nitrogens with zero attached hydrogens (tertiary/aromatic N) is 3. The molecule has 0 atom stereocenters. The predicted octanol–water partition coefficient (Wildman–Crippen LogP) is 2.47. The zero-order valence-corrected chi connectivity index (χ0v) is 14.7. The van der Waals surface area contributed by atoms with E-state index in [0.29, 0.717) is 49.8 Å². The third-order valence-electron chi connectivity index (χ3n) is 4.20. The lowest BCUT2D eigenvalue weighted by atomic mass is 10.1. The van der Waals surface area contributed by atoms with Crippen molar-refractivity contribution in [2.75, 3.05) is 38.1 Å². The van der Waals surface area contributed by atoms with Crippen molar-refractivity contribution in [1.82, 2.24) is 14.8 Å². The first kappa shape index (κ1) is 17.7. The summed E-state index contributed by atoms with van der Waals surface area (Å²) in [5, 5.41) is 2.84. The van der Waals surface area contributed by atoms with Crippen LogP contribution in [0.4, 0.5) is 10.5 Å². The number of amides is 3. The average molecular weight is 354 g/mol. The van der Waals surface area contributed by atoms with Crippen LogP contribution in [-0.2, 0) is 0 Å². The van der Waals surface area contributed by atoms with Crippen LogP contribution in [0, 0.1) is 0 Å². The number of urea groups is 1. The van der Waals surface area contributed by atoms with Crippen LogP contribution in [-0.4, -0.2) is 59.5 Å². The highest BCUT2D eigenvalue weighted by molar-refractivity contribution is 5.97. The van der Waals surface area contributed by atoms with Gasteiger partial charge in [-0.1, -0.05) is 12.1 Å². The number of ether oxygens (including phenoxy) is 1. The Morgan fingerprint density at radius 2 is 1.69 bits per heavy atom. The van der Waals surface area contributed by atoms with Crippen LogP contribution in [0.5, 0.6) is 5.75 Å². The normalized spacial score (nSPS) is 14.0. The van der Waals surface area contributed by atoms with Crippen molar-refractivity contribution in [2.24, 2.45) is 0 Å². The lowest BCUT2D eigenvalue weighted by molar-refractivity contribution is 0.0667. The van der Waals surface area contributed by atoms with Gasteiger partial charge >= 0.3 is 6.03 Å². The minimum Gasteiger partial charge on any atom is -0.493 e. The largest absolute Gasteiger partial charge is 0.493 e. The number of hydrogen-bond donors (Lipinski definition) is 1. The quantitative estimate of drug-likeness (QED) is 0.915. The minimum atomic E-state index is -0.169. The van der Waals surface area contributed by atoms with Crippen molar-refractivity contribution in [3.05, 3.63) is 54.4 Å². The SMILES string of the molecule is CCOc1ccccc1C(=O)N1CCN(C(=O)Nc2ccncc2)CC1. The van der Waals surface area contributed by atoms with Gasteiger partial charge in [0, 0.05) is 44.3 Å². The molecule has 26 heavy (non-hydrogen) atoms. The van der Waals surface area contributed by atoms with E-state index in [-0.39, 0.29) is 11.9 Å². The number of aromatic nitrogens is 1. The zero-order chi connectivity index (χ0) is 18.4. The Bertz CT molecular complexity index is 758. The van der Waals surface area contributed by atoms with Crippen LogP contribution >= 0.6 is 0 Å². The molecule has 2 aromatic rings. The molecule has 1 aliphatic rings. The molecule has 0 spiro atoms. The Hall–Kier alpha value is -3.09. The molecule has 0 aliphatic carbocycles. The number of hydrogen-bond acceptors (Lipinski definition) is 4. The molecule has 0 bridgehead atoms. The highest BCUT2D eigenvalue weighted by Crippen LogP contribution is 2.21. The van der Waals surface area contributed by atoms with Crippen molar-refractivity contribution in [3.63, 3.8) is 0 Å². The molecule has 0 saturated carbocycles. The molecule has 1 N–H and O–H groups in total. The van der Waals surface area contributed by atoms with Gasteiger partial charge in [0.2, 0.25) is 0 Å². The summed E-state index contributed by atoms with van der Waals surface area (Å²) in [5.41, 5.74) is 1.26. The molecule has 2 heterocycles. The van der Waals surface area contributed by atoms with Crippen molar-refractivity contribution in [2.45, 2.75) is 6.92 Å². The number of pyridine rings is 1. The van der Waals surface area contributed by atoms with E-state index in [1.165, 1.54) is 0 Å². The maximum absolute atomic E-state index is 12.8. The highest BCUT2D eigenvalue weighted by Gasteiger charge is 2.26. The maximum atomic E-state index is 12.8. The lowest BCUT2D eigenvalue weighted by Gasteiger charge is -2.35. The van der Waals surface area contributed by atoms with Crippen LogP contribution in [0.2, 0.25) is 0 Å². The van der Waals surface area contributed by atoms with Crippen LogP contribution in [0.15, 0.2) is 48.8 Å². The minimum absolute atomic E-state index is 0.0664. The number of carbonyl (C=O) groups is 2. The first-order valence-electron chi connectivity index (χ1n) is 8.66. The molecule has 1 aliphatic heterocycles. The number of rotatable bonds is 4. The fourth-order valence-electron chi connectivity index (χ4n) is 2.85. The Morgan fingerprint density at radius 3 is 2.38 bits per heavy atom. The van der Waals surface area contributed by atoms with E-state index in [2.05, 4.69) is 10.3 Å². The Balaban J connectivity index is 1.58. The summed E-state index contributed by atoms with van der Waals surface area (Å²) in [4.78, 5) is 32.5. The standard InChI is InChI=1S/C19H22N4O3/c1-2-26-17-6-4-3-5-16(17)18(24)22-11-13-23(14-12-22)19(25)21-15-7-9-20-10-8-15/h3-10H,2,11-14H2,1H3,(H,20,21,25). The third-order valence-corrected chi connectivity index (χ3v) is 4.20. The number of para-hydroxylation sites is 1. The topological polar surface area (TPSA) is 74.8 Å². The summed E-state index contributed by atoms with van der Waals surface area (Å²) in [6.45, 7) is 4.35. The van der Waals surface area contributed by atoms with Crippen molar-refractivity contribution >= 4 is 17.6 Å². The van der Waals surface area contributed by atoms with E-state index in [9.17, 15) is 9.59 Å². The molecular weight excluding hydrogens is 332 g/mol. The van der Waals surface area contributed by atoms with Gasteiger partial charge < -0.3 is 19.9 Å². The fraction of sp³-hybridized carbons (Fsp3) is 0.316. The molecule has 0 unspecified atom stereocenters. The predicted molar refractivity (Wildman–Crippen MR) is 98.3 cm³/mol. The molecule has 1 aromatic heterocycles. The van der Waals surface area contributed by atoms with Gasteiger partial charge in [-0.3, -0.25) is 9.78 Å². The van der Waals surface area contributed by atoms with E-state index < -0.39 is 0 Å². The maximum Gasteiger partial charge on any atom is 0.321 e. The number of nitrogens with one attached hydrogen (secondary N) is 1. The fourth-order valence-corrected chi connectivity index (χ4v) is 2.85. The van der Waals surface area contributed by atoms with Crippen molar-refractivity contribution in [3.8, 4) is 5.75 Å². The summed E-state index contributed by atoms with van der Waals surface area (Å²) >= 11 is 0. The van der Waals surface area contributed by atoms with Crippen LogP contribution in [0.1, 0.15) is 17.3 Å². The Morgan fingerprint density at radius 1 is 1.04 bits per heavy atom. The number of carbonyl (C=O) groups excluding carboxylic acids is 2. The summed E-state index contributed by atoms with van der Waals surface area (Å²) in [6, 6.07) is 10.6. The van der Waals surface area contributed by atoms with Crippen molar-refractivity contribution < 1.29 is 14.3 Å². The van der Waals surface area contributed by atoms with Crippen LogP contribution < -0.4 is 10.1 Å². The van der Waals surface area contributed by atoms with Gasteiger partial charge in [0.25, 0.3) is 5.91 Å². The van der Waals surface area contributed by atoms with Gasteiger partial charge in [0.15, 0.2) is 0 Å². The molecule has 3 amide bonds. The van der Waals surface area contributed by atoms with E-state index in [4.69, 9.17) is 4.74 Å². The number of piperazine rings is 1. The van der Waals surface area contributed by atoms with Gasteiger partial charge in [0.1, 0.15) is 5.75 Å².